The van der Waals surface area contributed by atoms with Gasteiger partial charge in [-0.3, -0.25) is 0 Å². The van der Waals surface area contributed by atoms with E-state index in [1.807, 2.05) is 30.3 Å². The van der Waals surface area contributed by atoms with Crippen molar-refractivity contribution in [3.8, 4) is 0 Å². The van der Waals surface area contributed by atoms with Crippen LogP contribution in [0.25, 0.3) is 20.2 Å². The van der Waals surface area contributed by atoms with Crippen LogP contribution < -0.4 is 0 Å². The lowest BCUT2D eigenvalue weighted by atomic mass is 10.1. The van der Waals surface area contributed by atoms with E-state index in [0.717, 1.165) is 20.2 Å². The largest absolute Gasteiger partial charge is 0.478 e. The molecule has 78 valence electrons. The van der Waals surface area contributed by atoms with Crippen LogP contribution >= 0.6 is 11.3 Å². The van der Waals surface area contributed by atoms with Crippen LogP contribution in [0.1, 0.15) is 10.4 Å². The summed E-state index contributed by atoms with van der Waals surface area (Å²) in [6.07, 6.45) is 0. The number of hydrogen-bond donors (Lipinski definition) is 1. The molecule has 0 bridgehead atoms. The molecule has 0 saturated heterocycles. The summed E-state index contributed by atoms with van der Waals surface area (Å²) in [5.74, 6) is -0.864. The van der Waals surface area contributed by atoms with Crippen molar-refractivity contribution >= 4 is 37.5 Å². The predicted octanol–water partition coefficient (Wildman–Crippen LogP) is 3.75. The summed E-state index contributed by atoms with van der Waals surface area (Å²) in [5, 5.41) is 11.3. The number of carboxylic acids is 1. The first-order valence-electron chi connectivity index (χ1n) is 4.91. The van der Waals surface area contributed by atoms with E-state index in [4.69, 9.17) is 5.11 Å². The van der Waals surface area contributed by atoms with Crippen molar-refractivity contribution in [1.82, 2.24) is 0 Å². The second-order valence-electron chi connectivity index (χ2n) is 3.59. The zero-order chi connectivity index (χ0) is 11.1. The number of aromatic carboxylic acids is 1. The Balaban J connectivity index is 2.54. The number of rotatable bonds is 1. The van der Waals surface area contributed by atoms with Gasteiger partial charge in [-0.1, -0.05) is 30.3 Å². The molecule has 3 aromatic rings. The lowest BCUT2D eigenvalue weighted by Crippen LogP contribution is -1.94. The zero-order valence-electron chi connectivity index (χ0n) is 8.31. The van der Waals surface area contributed by atoms with Crippen molar-refractivity contribution < 1.29 is 9.90 Å². The molecule has 0 aliphatic carbocycles. The predicted molar refractivity (Wildman–Crippen MR) is 66.3 cm³/mol. The van der Waals surface area contributed by atoms with Gasteiger partial charge >= 0.3 is 5.97 Å². The third kappa shape index (κ3) is 1.22. The Hall–Kier alpha value is -1.87. The highest BCUT2D eigenvalue weighted by Gasteiger charge is 2.12. The maximum absolute atomic E-state index is 11.1. The second kappa shape index (κ2) is 3.32. The molecule has 0 radical (unpaired) electrons. The van der Waals surface area contributed by atoms with Crippen LogP contribution in [0, 0.1) is 0 Å². The van der Waals surface area contributed by atoms with Crippen molar-refractivity contribution in [3.05, 3.63) is 48.0 Å². The summed E-state index contributed by atoms with van der Waals surface area (Å²) >= 11 is 1.54. The highest BCUT2D eigenvalue weighted by molar-refractivity contribution is 7.26. The molecule has 1 N–H and O–H groups in total. The highest BCUT2D eigenvalue weighted by Crippen LogP contribution is 2.35. The third-order valence-electron chi connectivity index (χ3n) is 2.63. The smallest absolute Gasteiger partial charge is 0.337 e. The monoisotopic (exact) mass is 228 g/mol. The fourth-order valence-electron chi connectivity index (χ4n) is 1.92. The van der Waals surface area contributed by atoms with Crippen molar-refractivity contribution in [2.45, 2.75) is 0 Å². The molecular formula is C13H8O2S. The fourth-order valence-corrected chi connectivity index (χ4v) is 3.12. The Bertz CT molecular complexity index is 697. The van der Waals surface area contributed by atoms with Gasteiger partial charge in [-0.05, 0) is 12.1 Å². The van der Waals surface area contributed by atoms with Gasteiger partial charge in [-0.15, -0.1) is 11.3 Å². The zero-order valence-corrected chi connectivity index (χ0v) is 9.12. The van der Waals surface area contributed by atoms with E-state index in [9.17, 15) is 4.79 Å². The fraction of sp³-hybridized carbons (Fsp3) is 0. The molecule has 0 aliphatic heterocycles. The van der Waals surface area contributed by atoms with E-state index < -0.39 is 5.97 Å². The van der Waals surface area contributed by atoms with Crippen LogP contribution in [0.15, 0.2) is 42.5 Å². The van der Waals surface area contributed by atoms with E-state index in [-0.39, 0.29) is 0 Å². The molecule has 0 spiro atoms. The van der Waals surface area contributed by atoms with Crippen LogP contribution in [0.5, 0.6) is 0 Å². The Labute approximate surface area is 95.8 Å². The van der Waals surface area contributed by atoms with E-state index in [1.165, 1.54) is 11.3 Å². The van der Waals surface area contributed by atoms with E-state index >= 15 is 0 Å². The molecular weight excluding hydrogens is 220 g/mol. The molecule has 1 heterocycles. The lowest BCUT2D eigenvalue weighted by molar-refractivity contribution is 0.0699. The van der Waals surface area contributed by atoms with E-state index in [1.54, 1.807) is 12.1 Å². The first-order valence-corrected chi connectivity index (χ1v) is 5.72. The van der Waals surface area contributed by atoms with Crippen LogP contribution in [0.2, 0.25) is 0 Å². The minimum absolute atomic E-state index is 0.388. The van der Waals surface area contributed by atoms with E-state index in [2.05, 4.69) is 0 Å². The second-order valence-corrected chi connectivity index (χ2v) is 4.64. The van der Waals surface area contributed by atoms with Crippen LogP contribution in [-0.4, -0.2) is 11.1 Å². The van der Waals surface area contributed by atoms with Gasteiger partial charge in [0.25, 0.3) is 0 Å². The minimum atomic E-state index is -0.864. The SMILES string of the molecule is O=C(O)c1cccc2c1sc1ccccc12. The molecule has 0 atom stereocenters. The van der Waals surface area contributed by atoms with Crippen LogP contribution in [0.4, 0.5) is 0 Å². The molecule has 0 saturated carbocycles. The number of carboxylic acid groups (broad SMARTS) is 1. The van der Waals surface area contributed by atoms with Gasteiger partial charge in [0.1, 0.15) is 0 Å². The number of thiophene rings is 1. The topological polar surface area (TPSA) is 37.3 Å². The van der Waals surface area contributed by atoms with Crippen LogP contribution in [-0.2, 0) is 0 Å². The van der Waals surface area contributed by atoms with Gasteiger partial charge in [0, 0.05) is 15.5 Å². The average molecular weight is 228 g/mol. The van der Waals surface area contributed by atoms with Gasteiger partial charge in [0.15, 0.2) is 0 Å². The summed E-state index contributed by atoms with van der Waals surface area (Å²) in [6.45, 7) is 0. The normalized spacial score (nSPS) is 11.0. The molecule has 3 heteroatoms. The van der Waals surface area contributed by atoms with Gasteiger partial charge in [0.05, 0.1) is 10.3 Å². The molecule has 3 rings (SSSR count). The number of fused-ring (bicyclic) bond motifs is 3. The first kappa shape index (κ1) is 9.36. The summed E-state index contributed by atoms with van der Waals surface area (Å²) in [4.78, 5) is 11.1. The molecule has 2 nitrogen and oxygen atoms in total. The third-order valence-corrected chi connectivity index (χ3v) is 3.85. The van der Waals surface area contributed by atoms with Crippen molar-refractivity contribution in [3.63, 3.8) is 0 Å². The Kier molecular flexibility index (Phi) is 1.94. The van der Waals surface area contributed by atoms with Crippen molar-refractivity contribution in [1.29, 1.82) is 0 Å². The maximum Gasteiger partial charge on any atom is 0.337 e. The number of hydrogen-bond acceptors (Lipinski definition) is 2. The van der Waals surface area contributed by atoms with E-state index in [0.29, 0.717) is 5.56 Å². The molecule has 0 fully saturated rings. The van der Waals surface area contributed by atoms with Gasteiger partial charge in [0.2, 0.25) is 0 Å². The maximum atomic E-state index is 11.1. The highest BCUT2D eigenvalue weighted by atomic mass is 32.1. The van der Waals surface area contributed by atoms with Gasteiger partial charge in [-0.25, -0.2) is 4.79 Å². The Morgan fingerprint density at radius 1 is 1.00 bits per heavy atom. The quantitative estimate of drug-likeness (QED) is 0.688. The summed E-state index contributed by atoms with van der Waals surface area (Å²) in [5.41, 5.74) is 0.388. The van der Waals surface area contributed by atoms with Gasteiger partial charge < -0.3 is 5.11 Å². The van der Waals surface area contributed by atoms with Gasteiger partial charge in [-0.2, -0.15) is 0 Å². The number of carbonyl (C=O) groups is 1. The van der Waals surface area contributed by atoms with Crippen LogP contribution in [0.3, 0.4) is 0 Å². The Morgan fingerprint density at radius 3 is 2.56 bits per heavy atom. The van der Waals surface area contributed by atoms with Crippen molar-refractivity contribution in [2.75, 3.05) is 0 Å². The number of benzene rings is 2. The summed E-state index contributed by atoms with van der Waals surface area (Å²) in [6, 6.07) is 13.4. The van der Waals surface area contributed by atoms with Crippen molar-refractivity contribution in [2.24, 2.45) is 0 Å². The molecule has 2 aromatic carbocycles. The molecule has 0 amide bonds. The first-order chi connectivity index (χ1) is 7.77. The summed E-state index contributed by atoms with van der Waals surface area (Å²) in [7, 11) is 0. The lowest BCUT2D eigenvalue weighted by Gasteiger charge is -1.95. The summed E-state index contributed by atoms with van der Waals surface area (Å²) < 4.78 is 1.99. The molecule has 16 heavy (non-hydrogen) atoms. The Morgan fingerprint density at radius 2 is 1.75 bits per heavy atom. The average Bonchev–Trinajstić information content (AvgIpc) is 2.67. The molecule has 1 aromatic heterocycles. The molecule has 0 unspecified atom stereocenters. The standard InChI is InChI=1S/C13H8O2S/c14-13(15)10-6-3-5-9-8-4-1-2-7-11(8)16-12(9)10/h1-7H,(H,14,15). The molecule has 0 aliphatic rings. The minimum Gasteiger partial charge on any atom is -0.478 e.